The molecule has 0 aliphatic carbocycles. The van der Waals surface area contributed by atoms with Crippen LogP contribution in [0.25, 0.3) is 6.08 Å². The molecule has 0 atom stereocenters. The molecule has 1 aromatic rings. The second kappa shape index (κ2) is 4.75. The number of carbonyl (C=O) groups is 1. The second-order valence-corrected chi connectivity index (χ2v) is 4.52. The molecule has 0 aromatic heterocycles. The Morgan fingerprint density at radius 1 is 1.36 bits per heavy atom. The highest BCUT2D eigenvalue weighted by Crippen LogP contribution is 2.28. The lowest BCUT2D eigenvalue weighted by Crippen LogP contribution is -1.87. The van der Waals surface area contributed by atoms with Crippen LogP contribution < -0.4 is 0 Å². The summed E-state index contributed by atoms with van der Waals surface area (Å²) in [6.45, 7) is 1.97. The lowest BCUT2D eigenvalue weighted by Gasteiger charge is -2.03. The molecule has 0 fully saturated rings. The minimum absolute atomic E-state index is 0.831. The van der Waals surface area contributed by atoms with Crippen LogP contribution in [-0.4, -0.2) is 11.1 Å². The lowest BCUT2D eigenvalue weighted by molar-refractivity contribution is -0.131. The molecule has 14 heavy (non-hydrogen) atoms. The van der Waals surface area contributed by atoms with Gasteiger partial charge in [0, 0.05) is 20.6 Å². The monoisotopic (exact) mass is 318 g/mol. The van der Waals surface area contributed by atoms with E-state index in [0.717, 1.165) is 26.1 Å². The topological polar surface area (TPSA) is 37.3 Å². The first-order chi connectivity index (χ1) is 6.50. The third-order valence-electron chi connectivity index (χ3n) is 1.62. The predicted molar refractivity (Wildman–Crippen MR) is 63.2 cm³/mol. The first-order valence-electron chi connectivity index (χ1n) is 3.87. The van der Waals surface area contributed by atoms with E-state index in [1.54, 1.807) is 6.08 Å². The van der Waals surface area contributed by atoms with Gasteiger partial charge in [0.15, 0.2) is 0 Å². The Hall–Kier alpha value is -0.610. The van der Waals surface area contributed by atoms with E-state index in [-0.39, 0.29) is 0 Å². The number of hydrogen-bond donors (Lipinski definition) is 1. The molecule has 1 rings (SSSR count). The summed E-state index contributed by atoms with van der Waals surface area (Å²) in [6, 6.07) is 3.87. The fraction of sp³-hybridized carbons (Fsp3) is 0.100. The van der Waals surface area contributed by atoms with Gasteiger partial charge in [0.2, 0.25) is 0 Å². The van der Waals surface area contributed by atoms with Gasteiger partial charge in [0.25, 0.3) is 0 Å². The first-order valence-corrected chi connectivity index (χ1v) is 5.46. The van der Waals surface area contributed by atoms with Crippen LogP contribution in [0.1, 0.15) is 11.1 Å². The van der Waals surface area contributed by atoms with Crippen LogP contribution in [0.4, 0.5) is 0 Å². The minimum atomic E-state index is -0.954. The fourth-order valence-electron chi connectivity index (χ4n) is 1.02. The largest absolute Gasteiger partial charge is 0.478 e. The maximum absolute atomic E-state index is 10.3. The molecule has 0 aliphatic heterocycles. The molecular weight excluding hydrogens is 312 g/mol. The van der Waals surface area contributed by atoms with Gasteiger partial charge in [0.05, 0.1) is 0 Å². The summed E-state index contributed by atoms with van der Waals surface area (Å²) >= 11 is 6.75. The van der Waals surface area contributed by atoms with Gasteiger partial charge in [-0.1, -0.05) is 31.9 Å². The van der Waals surface area contributed by atoms with Gasteiger partial charge in [0.1, 0.15) is 0 Å². The maximum Gasteiger partial charge on any atom is 0.328 e. The summed E-state index contributed by atoms with van der Waals surface area (Å²) in [5.74, 6) is -0.954. The van der Waals surface area contributed by atoms with Crippen molar-refractivity contribution in [3.8, 4) is 0 Å². The van der Waals surface area contributed by atoms with E-state index in [0.29, 0.717) is 0 Å². The van der Waals surface area contributed by atoms with E-state index >= 15 is 0 Å². The molecule has 0 saturated heterocycles. The molecule has 0 amide bonds. The summed E-state index contributed by atoms with van der Waals surface area (Å²) in [7, 11) is 0. The Balaban J connectivity index is 3.15. The summed E-state index contributed by atoms with van der Waals surface area (Å²) in [5.41, 5.74) is 1.94. The quantitative estimate of drug-likeness (QED) is 0.845. The minimum Gasteiger partial charge on any atom is -0.478 e. The van der Waals surface area contributed by atoms with Crippen LogP contribution in [0.5, 0.6) is 0 Å². The van der Waals surface area contributed by atoms with Crippen molar-refractivity contribution in [1.29, 1.82) is 0 Å². The Morgan fingerprint density at radius 2 is 1.86 bits per heavy atom. The second-order valence-electron chi connectivity index (χ2n) is 2.81. The molecule has 0 heterocycles. The highest BCUT2D eigenvalue weighted by atomic mass is 79.9. The molecular formula is C10H8Br2O2. The van der Waals surface area contributed by atoms with Crippen LogP contribution in [0.3, 0.4) is 0 Å². The van der Waals surface area contributed by atoms with Crippen LogP contribution in [-0.2, 0) is 4.79 Å². The third-order valence-corrected chi connectivity index (χ3v) is 2.93. The van der Waals surface area contributed by atoms with Crippen molar-refractivity contribution in [3.05, 3.63) is 38.3 Å². The average Bonchev–Trinajstić information content (AvgIpc) is 2.01. The Kier molecular flexibility index (Phi) is 3.89. The van der Waals surface area contributed by atoms with E-state index in [4.69, 9.17) is 5.11 Å². The van der Waals surface area contributed by atoms with Crippen molar-refractivity contribution in [2.45, 2.75) is 6.92 Å². The third kappa shape index (κ3) is 2.96. The number of carboxylic acid groups (broad SMARTS) is 1. The molecule has 4 heteroatoms. The van der Waals surface area contributed by atoms with E-state index in [1.165, 1.54) is 0 Å². The average molecular weight is 320 g/mol. The summed E-state index contributed by atoms with van der Waals surface area (Å²) in [4.78, 5) is 10.3. The molecule has 0 bridgehead atoms. The fourth-order valence-corrected chi connectivity index (χ4v) is 2.70. The van der Waals surface area contributed by atoms with E-state index in [9.17, 15) is 4.79 Å². The maximum atomic E-state index is 10.3. The molecule has 0 spiro atoms. The highest BCUT2D eigenvalue weighted by Gasteiger charge is 2.03. The highest BCUT2D eigenvalue weighted by molar-refractivity contribution is 9.11. The van der Waals surface area contributed by atoms with Crippen LogP contribution in [0.15, 0.2) is 27.2 Å². The predicted octanol–water partition coefficient (Wildman–Crippen LogP) is 3.62. The standard InChI is InChI=1S/C10H8Br2O2/c1-6-4-8(11)7(9(12)5-6)2-3-10(13)14/h2-5H,1H3,(H,13,14)/b3-2+. The number of rotatable bonds is 2. The van der Waals surface area contributed by atoms with E-state index in [2.05, 4.69) is 31.9 Å². The summed E-state index contributed by atoms with van der Waals surface area (Å²) < 4.78 is 1.75. The Labute approximate surface area is 98.9 Å². The van der Waals surface area contributed by atoms with E-state index in [1.807, 2.05) is 19.1 Å². The molecule has 1 aromatic carbocycles. The number of aliphatic carboxylic acids is 1. The van der Waals surface area contributed by atoms with Crippen molar-refractivity contribution in [2.75, 3.05) is 0 Å². The number of halogens is 2. The molecule has 2 nitrogen and oxygen atoms in total. The SMILES string of the molecule is Cc1cc(Br)c(/C=C/C(=O)O)c(Br)c1. The zero-order valence-corrected chi connectivity index (χ0v) is 10.6. The Bertz CT molecular complexity index is 374. The van der Waals surface area contributed by atoms with Crippen LogP contribution >= 0.6 is 31.9 Å². The van der Waals surface area contributed by atoms with Crippen molar-refractivity contribution in [1.82, 2.24) is 0 Å². The normalized spacial score (nSPS) is 10.8. The first kappa shape index (κ1) is 11.5. The molecule has 0 aliphatic rings. The van der Waals surface area contributed by atoms with Crippen LogP contribution in [0, 0.1) is 6.92 Å². The molecule has 0 radical (unpaired) electrons. The molecule has 0 unspecified atom stereocenters. The number of hydrogen-bond acceptors (Lipinski definition) is 1. The van der Waals surface area contributed by atoms with Crippen molar-refractivity contribution in [2.24, 2.45) is 0 Å². The molecule has 74 valence electrons. The van der Waals surface area contributed by atoms with E-state index < -0.39 is 5.97 Å². The van der Waals surface area contributed by atoms with Crippen molar-refractivity contribution in [3.63, 3.8) is 0 Å². The van der Waals surface area contributed by atoms with Gasteiger partial charge in [-0.25, -0.2) is 4.79 Å². The number of carboxylic acids is 1. The molecule has 0 saturated carbocycles. The van der Waals surface area contributed by atoms with Gasteiger partial charge in [-0.3, -0.25) is 0 Å². The smallest absolute Gasteiger partial charge is 0.328 e. The van der Waals surface area contributed by atoms with Gasteiger partial charge >= 0.3 is 5.97 Å². The lowest BCUT2D eigenvalue weighted by atomic mass is 10.1. The molecule has 1 N–H and O–H groups in total. The number of aryl methyl sites for hydroxylation is 1. The van der Waals surface area contributed by atoms with Crippen molar-refractivity contribution >= 4 is 43.9 Å². The van der Waals surface area contributed by atoms with Gasteiger partial charge in [-0.2, -0.15) is 0 Å². The summed E-state index contributed by atoms with van der Waals surface area (Å²) in [5, 5.41) is 8.49. The van der Waals surface area contributed by atoms with Gasteiger partial charge in [-0.05, 0) is 30.7 Å². The van der Waals surface area contributed by atoms with Gasteiger partial charge in [-0.15, -0.1) is 0 Å². The zero-order chi connectivity index (χ0) is 10.7. The number of benzene rings is 1. The Morgan fingerprint density at radius 3 is 2.29 bits per heavy atom. The van der Waals surface area contributed by atoms with Crippen molar-refractivity contribution < 1.29 is 9.90 Å². The summed E-state index contributed by atoms with van der Waals surface area (Å²) in [6.07, 6.45) is 2.66. The van der Waals surface area contributed by atoms with Crippen LogP contribution in [0.2, 0.25) is 0 Å². The van der Waals surface area contributed by atoms with Gasteiger partial charge < -0.3 is 5.11 Å². The zero-order valence-electron chi connectivity index (χ0n) is 7.42.